The average Bonchev–Trinajstić information content (AvgIpc) is 2.98. The lowest BCUT2D eigenvalue weighted by Gasteiger charge is -2.17. The summed E-state index contributed by atoms with van der Waals surface area (Å²) < 4.78 is 0. The number of nitrogens with one attached hydrogen (secondary N) is 2. The maximum atomic E-state index is 12.4. The van der Waals surface area contributed by atoms with E-state index in [9.17, 15) is 14.9 Å². The quantitative estimate of drug-likeness (QED) is 0.407. The van der Waals surface area contributed by atoms with Crippen molar-refractivity contribution < 1.29 is 9.72 Å². The number of anilines is 1. The monoisotopic (exact) mass is 291 g/mol. The number of hydrazine groups is 1. The minimum Gasteiger partial charge on any atom is -0.334 e. The van der Waals surface area contributed by atoms with Crippen LogP contribution in [0.4, 0.5) is 11.4 Å². The lowest BCUT2D eigenvalue weighted by molar-refractivity contribution is -0.384. The summed E-state index contributed by atoms with van der Waals surface area (Å²) in [4.78, 5) is 27.9. The second kappa shape index (κ2) is 5.96. The number of carbonyl (C=O) groups is 1. The number of aromatic amines is 1. The Balaban J connectivity index is 2.28. The largest absolute Gasteiger partial charge is 0.334 e. The summed E-state index contributed by atoms with van der Waals surface area (Å²) in [5.41, 5.74) is 2.57. The molecule has 0 aliphatic carbocycles. The van der Waals surface area contributed by atoms with E-state index in [-0.39, 0.29) is 17.8 Å². The van der Waals surface area contributed by atoms with Crippen LogP contribution in [-0.2, 0) is 6.54 Å². The summed E-state index contributed by atoms with van der Waals surface area (Å²) in [6, 6.07) is 3.82. The van der Waals surface area contributed by atoms with E-state index in [0.29, 0.717) is 11.5 Å². The van der Waals surface area contributed by atoms with Crippen molar-refractivity contribution in [1.82, 2.24) is 20.1 Å². The highest BCUT2D eigenvalue weighted by Crippen LogP contribution is 2.23. The molecule has 0 saturated carbocycles. The lowest BCUT2D eigenvalue weighted by Crippen LogP contribution is -2.28. The molecule has 1 amide bonds. The third-order valence-corrected chi connectivity index (χ3v) is 2.80. The van der Waals surface area contributed by atoms with Crippen LogP contribution in [0.1, 0.15) is 16.2 Å². The molecule has 0 aliphatic rings. The van der Waals surface area contributed by atoms with E-state index in [1.807, 2.05) is 0 Å². The number of nitro groups is 1. The highest BCUT2D eigenvalue weighted by molar-refractivity contribution is 6.00. The van der Waals surface area contributed by atoms with Gasteiger partial charge < -0.3 is 10.3 Å². The maximum Gasteiger partial charge on any atom is 0.270 e. The number of nitrogen functional groups attached to an aromatic ring is 1. The molecule has 1 heterocycles. The van der Waals surface area contributed by atoms with E-state index in [0.717, 1.165) is 0 Å². The Morgan fingerprint density at radius 1 is 1.57 bits per heavy atom. The van der Waals surface area contributed by atoms with E-state index in [1.54, 1.807) is 7.05 Å². The molecule has 0 fully saturated rings. The smallest absolute Gasteiger partial charge is 0.270 e. The molecule has 0 saturated heterocycles. The zero-order valence-electron chi connectivity index (χ0n) is 11.1. The van der Waals surface area contributed by atoms with Crippen LogP contribution in [0, 0.1) is 10.1 Å². The normalized spacial score (nSPS) is 10.2. The standard InChI is InChI=1S/C11H13N7O3/c1-17(5-10-13-6-14-16-10)11(19)8-4-7(18(20)21)2-3-9(8)15-12/h2-4,6,15H,5,12H2,1H3,(H,13,14,16). The van der Waals surface area contributed by atoms with E-state index in [2.05, 4.69) is 20.6 Å². The van der Waals surface area contributed by atoms with Crippen LogP contribution < -0.4 is 11.3 Å². The number of rotatable bonds is 5. The van der Waals surface area contributed by atoms with Crippen molar-refractivity contribution in [2.45, 2.75) is 6.54 Å². The number of nitrogens with two attached hydrogens (primary N) is 1. The number of nitro benzene ring substituents is 1. The molecule has 10 heteroatoms. The first-order valence-electron chi connectivity index (χ1n) is 5.87. The van der Waals surface area contributed by atoms with Crippen molar-refractivity contribution in [2.24, 2.45) is 5.84 Å². The van der Waals surface area contributed by atoms with Crippen LogP contribution in [0.2, 0.25) is 0 Å². The summed E-state index contributed by atoms with van der Waals surface area (Å²) in [6.45, 7) is 0.186. The van der Waals surface area contributed by atoms with Crippen LogP contribution in [-0.4, -0.2) is 38.0 Å². The lowest BCUT2D eigenvalue weighted by atomic mass is 10.1. The molecule has 0 bridgehead atoms. The fraction of sp³-hybridized carbons (Fsp3) is 0.182. The average molecular weight is 291 g/mol. The first-order chi connectivity index (χ1) is 10.0. The van der Waals surface area contributed by atoms with Gasteiger partial charge in [-0.3, -0.25) is 25.9 Å². The van der Waals surface area contributed by atoms with Gasteiger partial charge in [-0.2, -0.15) is 5.10 Å². The van der Waals surface area contributed by atoms with Crippen LogP contribution in [0.3, 0.4) is 0 Å². The molecule has 4 N–H and O–H groups in total. The molecule has 0 aliphatic heterocycles. The van der Waals surface area contributed by atoms with Gasteiger partial charge in [-0.15, -0.1) is 0 Å². The molecular formula is C11H13N7O3. The summed E-state index contributed by atoms with van der Waals surface area (Å²) >= 11 is 0. The van der Waals surface area contributed by atoms with Crippen molar-refractivity contribution in [3.63, 3.8) is 0 Å². The zero-order valence-corrected chi connectivity index (χ0v) is 11.1. The van der Waals surface area contributed by atoms with Crippen molar-refractivity contribution in [1.29, 1.82) is 0 Å². The SMILES string of the molecule is CN(Cc1ncn[nH]1)C(=O)c1cc([N+](=O)[O-])ccc1NN. The number of aromatic nitrogens is 3. The molecule has 21 heavy (non-hydrogen) atoms. The van der Waals surface area contributed by atoms with Gasteiger partial charge in [0, 0.05) is 19.2 Å². The minimum atomic E-state index is -0.576. The number of H-pyrrole nitrogens is 1. The summed E-state index contributed by atoms with van der Waals surface area (Å²) in [5, 5.41) is 17.1. The highest BCUT2D eigenvalue weighted by atomic mass is 16.6. The Bertz CT molecular complexity index is 656. The van der Waals surface area contributed by atoms with Crippen molar-refractivity contribution >= 4 is 17.3 Å². The molecule has 110 valence electrons. The van der Waals surface area contributed by atoms with Gasteiger partial charge in [0.15, 0.2) is 0 Å². The maximum absolute atomic E-state index is 12.4. The second-order valence-corrected chi connectivity index (χ2v) is 4.22. The van der Waals surface area contributed by atoms with Crippen molar-refractivity contribution in [3.8, 4) is 0 Å². The number of non-ortho nitro benzene ring substituents is 1. The van der Waals surface area contributed by atoms with Gasteiger partial charge >= 0.3 is 0 Å². The zero-order chi connectivity index (χ0) is 15.4. The van der Waals surface area contributed by atoms with E-state index < -0.39 is 10.8 Å². The van der Waals surface area contributed by atoms with E-state index in [4.69, 9.17) is 5.84 Å². The third-order valence-electron chi connectivity index (χ3n) is 2.80. The van der Waals surface area contributed by atoms with E-state index in [1.165, 1.54) is 29.4 Å². The van der Waals surface area contributed by atoms with Crippen molar-refractivity contribution in [2.75, 3.05) is 12.5 Å². The fourth-order valence-electron chi connectivity index (χ4n) is 1.76. The van der Waals surface area contributed by atoms with Crippen LogP contribution in [0.25, 0.3) is 0 Å². The number of amides is 1. The van der Waals surface area contributed by atoms with Crippen LogP contribution in [0.5, 0.6) is 0 Å². The molecule has 10 nitrogen and oxygen atoms in total. The Hall–Kier alpha value is -3.01. The molecule has 2 rings (SSSR count). The first-order valence-corrected chi connectivity index (χ1v) is 5.87. The van der Waals surface area contributed by atoms with Crippen LogP contribution >= 0.6 is 0 Å². The molecule has 0 spiro atoms. The molecule has 1 aromatic heterocycles. The predicted octanol–water partition coefficient (Wildman–Crippen LogP) is 0.271. The molecule has 2 aromatic rings. The third kappa shape index (κ3) is 3.12. The number of hydrogen-bond acceptors (Lipinski definition) is 7. The number of carbonyl (C=O) groups excluding carboxylic acids is 1. The molecule has 0 unspecified atom stereocenters. The van der Waals surface area contributed by atoms with Crippen LogP contribution in [0.15, 0.2) is 24.5 Å². The van der Waals surface area contributed by atoms with E-state index >= 15 is 0 Å². The van der Waals surface area contributed by atoms with Gasteiger partial charge in [0.1, 0.15) is 12.2 Å². The van der Waals surface area contributed by atoms with Gasteiger partial charge in [0.05, 0.1) is 22.7 Å². The number of nitrogens with zero attached hydrogens (tertiary/aromatic N) is 4. The van der Waals surface area contributed by atoms with Gasteiger partial charge in [0.25, 0.3) is 11.6 Å². The summed E-state index contributed by atoms with van der Waals surface area (Å²) in [5.74, 6) is 5.40. The molecule has 0 radical (unpaired) electrons. The predicted molar refractivity (Wildman–Crippen MR) is 73.1 cm³/mol. The second-order valence-electron chi connectivity index (χ2n) is 4.22. The Morgan fingerprint density at radius 2 is 2.33 bits per heavy atom. The topological polar surface area (TPSA) is 143 Å². The van der Waals surface area contributed by atoms with Crippen molar-refractivity contribution in [3.05, 3.63) is 46.0 Å². The van der Waals surface area contributed by atoms with Gasteiger partial charge in [0.2, 0.25) is 0 Å². The minimum absolute atomic E-state index is 0.105. The molecular weight excluding hydrogens is 278 g/mol. The number of hydrogen-bond donors (Lipinski definition) is 3. The Kier molecular flexibility index (Phi) is 4.09. The fourth-order valence-corrected chi connectivity index (χ4v) is 1.76. The Labute approximate surface area is 119 Å². The van der Waals surface area contributed by atoms with Gasteiger partial charge in [-0.1, -0.05) is 0 Å². The molecule has 0 atom stereocenters. The van der Waals surface area contributed by atoms with Gasteiger partial charge in [-0.25, -0.2) is 4.98 Å². The summed E-state index contributed by atoms with van der Waals surface area (Å²) in [7, 11) is 1.55. The van der Waals surface area contributed by atoms with Gasteiger partial charge in [-0.05, 0) is 6.07 Å². The first kappa shape index (κ1) is 14.4. The highest BCUT2D eigenvalue weighted by Gasteiger charge is 2.20. The molecule has 1 aromatic carbocycles. The Morgan fingerprint density at radius 3 is 2.90 bits per heavy atom. The number of benzene rings is 1. The summed E-state index contributed by atoms with van der Waals surface area (Å²) in [6.07, 6.45) is 1.33.